The van der Waals surface area contributed by atoms with Gasteiger partial charge in [0.25, 0.3) is 0 Å². The van der Waals surface area contributed by atoms with E-state index in [-0.39, 0.29) is 0 Å². The van der Waals surface area contributed by atoms with Crippen molar-refractivity contribution in [1.82, 2.24) is 10.2 Å². The number of nitrogens with zero attached hydrogens (tertiary/aromatic N) is 1. The smallest absolute Gasteiger partial charge is 0.169 e. The zero-order chi connectivity index (χ0) is 11.3. The summed E-state index contributed by atoms with van der Waals surface area (Å²) in [6.45, 7) is 7.79. The lowest BCUT2D eigenvalue weighted by Gasteiger charge is -2.40. The summed E-state index contributed by atoms with van der Waals surface area (Å²) < 4.78 is 0. The largest absolute Gasteiger partial charge is 0.363 e. The van der Waals surface area contributed by atoms with Crippen molar-refractivity contribution >= 4 is 17.3 Å². The fourth-order valence-corrected chi connectivity index (χ4v) is 2.75. The van der Waals surface area contributed by atoms with Gasteiger partial charge in [-0.1, -0.05) is 13.3 Å². The molecule has 0 spiro atoms. The predicted molar refractivity (Wildman–Crippen MR) is 70.1 cm³/mol. The Morgan fingerprint density at radius 1 is 1.33 bits per heavy atom. The van der Waals surface area contributed by atoms with Crippen LogP contribution in [0.4, 0.5) is 0 Å². The molecule has 0 aromatic rings. The van der Waals surface area contributed by atoms with Crippen molar-refractivity contribution in [2.24, 2.45) is 0 Å². The summed E-state index contributed by atoms with van der Waals surface area (Å²) in [6, 6.07) is 1.21. The average molecular weight is 228 g/mol. The summed E-state index contributed by atoms with van der Waals surface area (Å²) in [5, 5.41) is 4.33. The molecule has 0 radical (unpaired) electrons. The van der Waals surface area contributed by atoms with E-state index in [9.17, 15) is 0 Å². The van der Waals surface area contributed by atoms with Crippen LogP contribution >= 0.6 is 12.2 Å². The Labute approximate surface area is 99.4 Å². The van der Waals surface area contributed by atoms with E-state index in [1.54, 1.807) is 0 Å². The summed E-state index contributed by atoms with van der Waals surface area (Å²) >= 11 is 5.46. The van der Waals surface area contributed by atoms with Gasteiger partial charge in [0.2, 0.25) is 0 Å². The van der Waals surface area contributed by atoms with Crippen molar-refractivity contribution in [3.8, 4) is 0 Å². The number of hydrogen-bond donors (Lipinski definition) is 1. The molecule has 1 N–H and O–H groups in total. The molecular weight excluding hydrogens is 204 g/mol. The number of rotatable bonds is 3. The van der Waals surface area contributed by atoms with Crippen molar-refractivity contribution < 1.29 is 0 Å². The van der Waals surface area contributed by atoms with Gasteiger partial charge in [0.1, 0.15) is 0 Å². The molecule has 2 atom stereocenters. The van der Waals surface area contributed by atoms with Crippen molar-refractivity contribution in [3.05, 3.63) is 0 Å². The van der Waals surface area contributed by atoms with Crippen LogP contribution in [0.2, 0.25) is 0 Å². The maximum Gasteiger partial charge on any atom is 0.169 e. The maximum absolute atomic E-state index is 5.46. The van der Waals surface area contributed by atoms with Gasteiger partial charge in [0, 0.05) is 18.6 Å². The molecule has 1 heterocycles. The summed E-state index contributed by atoms with van der Waals surface area (Å²) in [5.41, 5.74) is 0. The standard InChI is InChI=1S/C12H24N2S/c1-4-5-9-13-12(15)14-10(2)7-6-8-11(14)3/h10-11H,4-9H2,1-3H3,(H,13,15)/t10-,11-/m1/s1. The molecule has 0 aromatic carbocycles. The van der Waals surface area contributed by atoms with E-state index in [0.29, 0.717) is 12.1 Å². The highest BCUT2D eigenvalue weighted by atomic mass is 32.1. The lowest BCUT2D eigenvalue weighted by atomic mass is 9.98. The normalized spacial score (nSPS) is 26.5. The Morgan fingerprint density at radius 2 is 1.93 bits per heavy atom. The minimum absolute atomic E-state index is 0.607. The molecule has 0 saturated carbocycles. The molecule has 0 aromatic heterocycles. The quantitative estimate of drug-likeness (QED) is 0.590. The number of likely N-dealkylation sites (tertiary alicyclic amines) is 1. The Morgan fingerprint density at radius 3 is 2.47 bits per heavy atom. The van der Waals surface area contributed by atoms with Gasteiger partial charge in [0.05, 0.1) is 0 Å². The van der Waals surface area contributed by atoms with E-state index in [0.717, 1.165) is 11.7 Å². The third-order valence-corrected chi connectivity index (χ3v) is 3.59. The molecule has 2 nitrogen and oxygen atoms in total. The van der Waals surface area contributed by atoms with Crippen LogP contribution in [0.1, 0.15) is 52.9 Å². The maximum atomic E-state index is 5.46. The van der Waals surface area contributed by atoms with E-state index in [2.05, 4.69) is 31.0 Å². The topological polar surface area (TPSA) is 15.3 Å². The Bertz CT molecular complexity index is 196. The van der Waals surface area contributed by atoms with E-state index in [1.807, 2.05) is 0 Å². The lowest BCUT2D eigenvalue weighted by molar-refractivity contribution is 0.189. The molecule has 1 aliphatic rings. The van der Waals surface area contributed by atoms with E-state index in [4.69, 9.17) is 12.2 Å². The third kappa shape index (κ3) is 3.63. The zero-order valence-electron chi connectivity index (χ0n) is 10.3. The van der Waals surface area contributed by atoms with Crippen LogP contribution in [0, 0.1) is 0 Å². The van der Waals surface area contributed by atoms with Crippen LogP contribution in [0.25, 0.3) is 0 Å². The van der Waals surface area contributed by atoms with E-state index >= 15 is 0 Å². The number of unbranched alkanes of at least 4 members (excludes halogenated alkanes) is 1. The van der Waals surface area contributed by atoms with Crippen molar-refractivity contribution in [1.29, 1.82) is 0 Å². The summed E-state index contributed by atoms with van der Waals surface area (Å²) in [6.07, 6.45) is 6.33. The highest BCUT2D eigenvalue weighted by Crippen LogP contribution is 2.22. The number of thiocarbonyl (C=S) groups is 1. The van der Waals surface area contributed by atoms with Crippen LogP contribution in [0.15, 0.2) is 0 Å². The molecule has 1 fully saturated rings. The molecule has 88 valence electrons. The van der Waals surface area contributed by atoms with Crippen molar-refractivity contribution in [2.45, 2.75) is 65.0 Å². The Balaban J connectivity index is 2.41. The highest BCUT2D eigenvalue weighted by Gasteiger charge is 2.26. The third-order valence-electron chi connectivity index (χ3n) is 3.23. The summed E-state index contributed by atoms with van der Waals surface area (Å²) in [7, 11) is 0. The first kappa shape index (κ1) is 12.8. The predicted octanol–water partition coefficient (Wildman–Crippen LogP) is 2.92. The molecule has 1 aliphatic heterocycles. The SMILES string of the molecule is CCCCNC(=S)N1[C@H](C)CCC[C@H]1C. The molecular formula is C12H24N2S. The second-order valence-corrected chi connectivity index (χ2v) is 5.01. The molecule has 15 heavy (non-hydrogen) atoms. The van der Waals surface area contributed by atoms with Gasteiger partial charge in [-0.15, -0.1) is 0 Å². The van der Waals surface area contributed by atoms with Gasteiger partial charge < -0.3 is 10.2 Å². The van der Waals surface area contributed by atoms with Gasteiger partial charge in [-0.2, -0.15) is 0 Å². The Hall–Kier alpha value is -0.310. The molecule has 0 amide bonds. The van der Waals surface area contributed by atoms with Crippen LogP contribution in [-0.2, 0) is 0 Å². The van der Waals surface area contributed by atoms with Gasteiger partial charge in [-0.25, -0.2) is 0 Å². The minimum atomic E-state index is 0.607. The first-order valence-electron chi connectivity index (χ1n) is 6.23. The first-order chi connectivity index (χ1) is 7.16. The Kier molecular flexibility index (Phi) is 5.37. The minimum Gasteiger partial charge on any atom is -0.363 e. The molecule has 0 aliphatic carbocycles. The van der Waals surface area contributed by atoms with Crippen molar-refractivity contribution in [3.63, 3.8) is 0 Å². The van der Waals surface area contributed by atoms with Gasteiger partial charge in [0.15, 0.2) is 5.11 Å². The second-order valence-electron chi connectivity index (χ2n) is 4.62. The van der Waals surface area contributed by atoms with Gasteiger partial charge in [-0.05, 0) is 51.7 Å². The summed E-state index contributed by atoms with van der Waals surface area (Å²) in [5.74, 6) is 0. The summed E-state index contributed by atoms with van der Waals surface area (Å²) in [4.78, 5) is 2.38. The van der Waals surface area contributed by atoms with Crippen molar-refractivity contribution in [2.75, 3.05) is 6.54 Å². The number of piperidine rings is 1. The molecule has 3 heteroatoms. The van der Waals surface area contributed by atoms with E-state index < -0.39 is 0 Å². The van der Waals surface area contributed by atoms with E-state index in [1.165, 1.54) is 32.1 Å². The fraction of sp³-hybridized carbons (Fsp3) is 0.917. The zero-order valence-corrected chi connectivity index (χ0v) is 11.1. The molecule has 1 rings (SSSR count). The second kappa shape index (κ2) is 6.31. The average Bonchev–Trinajstić information content (AvgIpc) is 2.18. The van der Waals surface area contributed by atoms with Crippen LogP contribution < -0.4 is 5.32 Å². The number of nitrogens with one attached hydrogen (secondary N) is 1. The first-order valence-corrected chi connectivity index (χ1v) is 6.63. The monoisotopic (exact) mass is 228 g/mol. The molecule has 0 unspecified atom stereocenters. The van der Waals surface area contributed by atoms with Crippen LogP contribution in [0.5, 0.6) is 0 Å². The van der Waals surface area contributed by atoms with Gasteiger partial charge in [-0.3, -0.25) is 0 Å². The molecule has 0 bridgehead atoms. The highest BCUT2D eigenvalue weighted by molar-refractivity contribution is 7.80. The number of hydrogen-bond acceptors (Lipinski definition) is 1. The fourth-order valence-electron chi connectivity index (χ4n) is 2.28. The van der Waals surface area contributed by atoms with Crippen LogP contribution in [-0.4, -0.2) is 28.6 Å². The molecule has 1 saturated heterocycles. The van der Waals surface area contributed by atoms with Crippen LogP contribution in [0.3, 0.4) is 0 Å². The van der Waals surface area contributed by atoms with Gasteiger partial charge >= 0.3 is 0 Å². The lowest BCUT2D eigenvalue weighted by Crippen LogP contribution is -2.51.